The summed E-state index contributed by atoms with van der Waals surface area (Å²) in [4.78, 5) is 15.0. The summed E-state index contributed by atoms with van der Waals surface area (Å²) in [6, 6.07) is 18.5. The molecule has 1 saturated heterocycles. The summed E-state index contributed by atoms with van der Waals surface area (Å²) >= 11 is 0. The van der Waals surface area contributed by atoms with E-state index in [0.717, 1.165) is 43.6 Å². The van der Waals surface area contributed by atoms with Crippen LogP contribution < -0.4 is 5.32 Å². The highest BCUT2D eigenvalue weighted by molar-refractivity contribution is 5.94. The number of likely N-dealkylation sites (tertiary alicyclic amines) is 1. The Balaban J connectivity index is 1.43. The van der Waals surface area contributed by atoms with E-state index >= 15 is 0 Å². The molecule has 1 fully saturated rings. The lowest BCUT2D eigenvalue weighted by molar-refractivity contribution is 0.0656. The van der Waals surface area contributed by atoms with Gasteiger partial charge in [-0.1, -0.05) is 42.5 Å². The first-order valence-corrected chi connectivity index (χ1v) is 9.88. The molecule has 0 saturated carbocycles. The highest BCUT2D eigenvalue weighted by Gasteiger charge is 2.21. The average molecular weight is 367 g/mol. The number of rotatable bonds is 7. The quantitative estimate of drug-likeness (QED) is 0.805. The molecule has 0 unspecified atom stereocenters. The third-order valence-electron chi connectivity index (χ3n) is 4.97. The van der Waals surface area contributed by atoms with E-state index in [0.29, 0.717) is 6.61 Å². The number of nitrogens with one attached hydrogen (secondary N) is 1. The SMILES string of the molecule is CC(C)OCc1ccc(C(=O)NC2CCN(Cc3ccccc3)CC2)cc1. The van der Waals surface area contributed by atoms with Crippen molar-refractivity contribution in [3.8, 4) is 0 Å². The van der Waals surface area contributed by atoms with Crippen LogP contribution in [0, 0.1) is 0 Å². The first-order valence-electron chi connectivity index (χ1n) is 9.88. The molecule has 3 rings (SSSR count). The smallest absolute Gasteiger partial charge is 0.251 e. The molecule has 0 radical (unpaired) electrons. The third kappa shape index (κ3) is 6.19. The molecular weight excluding hydrogens is 336 g/mol. The fraction of sp³-hybridized carbons (Fsp3) is 0.435. The van der Waals surface area contributed by atoms with Crippen LogP contribution in [0.15, 0.2) is 54.6 Å². The van der Waals surface area contributed by atoms with Crippen molar-refractivity contribution in [2.24, 2.45) is 0 Å². The van der Waals surface area contributed by atoms with Gasteiger partial charge in [0.15, 0.2) is 0 Å². The zero-order valence-electron chi connectivity index (χ0n) is 16.4. The summed E-state index contributed by atoms with van der Waals surface area (Å²) in [5, 5.41) is 3.19. The zero-order chi connectivity index (χ0) is 19.1. The molecule has 2 aromatic carbocycles. The molecule has 4 heteroatoms. The van der Waals surface area contributed by atoms with Crippen molar-refractivity contribution in [1.29, 1.82) is 0 Å². The van der Waals surface area contributed by atoms with E-state index in [1.807, 2.05) is 38.1 Å². The largest absolute Gasteiger partial charge is 0.374 e. The summed E-state index contributed by atoms with van der Waals surface area (Å²) in [5.41, 5.74) is 3.16. The molecule has 0 atom stereocenters. The van der Waals surface area contributed by atoms with Crippen molar-refractivity contribution < 1.29 is 9.53 Å². The van der Waals surface area contributed by atoms with E-state index in [2.05, 4.69) is 40.5 Å². The molecule has 0 aliphatic carbocycles. The minimum absolute atomic E-state index is 0.0211. The van der Waals surface area contributed by atoms with E-state index in [1.54, 1.807) is 0 Å². The van der Waals surface area contributed by atoms with E-state index in [4.69, 9.17) is 4.74 Å². The Hall–Kier alpha value is -2.17. The van der Waals surface area contributed by atoms with Crippen LogP contribution >= 0.6 is 0 Å². The molecule has 2 aromatic rings. The normalized spacial score (nSPS) is 15.8. The molecule has 1 aliphatic rings. The number of nitrogens with zero attached hydrogens (tertiary/aromatic N) is 1. The predicted octanol–water partition coefficient (Wildman–Crippen LogP) is 4.01. The molecule has 4 nitrogen and oxygen atoms in total. The van der Waals surface area contributed by atoms with Crippen molar-refractivity contribution in [2.75, 3.05) is 13.1 Å². The number of hydrogen-bond donors (Lipinski definition) is 1. The Morgan fingerprint density at radius 1 is 1.04 bits per heavy atom. The topological polar surface area (TPSA) is 41.6 Å². The number of piperidine rings is 1. The number of amides is 1. The monoisotopic (exact) mass is 366 g/mol. The van der Waals surface area contributed by atoms with Crippen LogP contribution in [0.1, 0.15) is 48.2 Å². The maximum atomic E-state index is 12.5. The van der Waals surface area contributed by atoms with Gasteiger partial charge in [-0.15, -0.1) is 0 Å². The Labute approximate surface area is 162 Å². The second-order valence-electron chi connectivity index (χ2n) is 7.57. The molecule has 1 aliphatic heterocycles. The summed E-state index contributed by atoms with van der Waals surface area (Å²) in [6.07, 6.45) is 2.21. The van der Waals surface area contributed by atoms with Gasteiger partial charge in [0.05, 0.1) is 12.7 Å². The molecular formula is C23H30N2O2. The maximum absolute atomic E-state index is 12.5. The first-order chi connectivity index (χ1) is 13.1. The van der Waals surface area contributed by atoms with E-state index < -0.39 is 0 Å². The second-order valence-corrected chi connectivity index (χ2v) is 7.57. The average Bonchev–Trinajstić information content (AvgIpc) is 2.69. The maximum Gasteiger partial charge on any atom is 0.251 e. The van der Waals surface area contributed by atoms with Gasteiger partial charge in [0.2, 0.25) is 0 Å². The van der Waals surface area contributed by atoms with Crippen LogP contribution in [0.3, 0.4) is 0 Å². The van der Waals surface area contributed by atoms with Crippen molar-refractivity contribution in [1.82, 2.24) is 10.2 Å². The lowest BCUT2D eigenvalue weighted by Crippen LogP contribution is -2.44. The highest BCUT2D eigenvalue weighted by atomic mass is 16.5. The molecule has 144 valence electrons. The van der Waals surface area contributed by atoms with Crippen molar-refractivity contribution in [2.45, 2.75) is 52.0 Å². The van der Waals surface area contributed by atoms with Gasteiger partial charge >= 0.3 is 0 Å². The Morgan fingerprint density at radius 2 is 1.70 bits per heavy atom. The van der Waals surface area contributed by atoms with E-state index in [1.165, 1.54) is 5.56 Å². The summed E-state index contributed by atoms with van der Waals surface area (Å²) < 4.78 is 5.60. The molecule has 0 bridgehead atoms. The summed E-state index contributed by atoms with van der Waals surface area (Å²) in [6.45, 7) is 7.65. The molecule has 27 heavy (non-hydrogen) atoms. The van der Waals surface area contributed by atoms with E-state index in [9.17, 15) is 4.79 Å². The summed E-state index contributed by atoms with van der Waals surface area (Å²) in [7, 11) is 0. The number of ether oxygens (including phenoxy) is 1. The van der Waals surface area contributed by atoms with Crippen LogP contribution in [-0.4, -0.2) is 36.0 Å². The van der Waals surface area contributed by atoms with Gasteiger partial charge in [-0.3, -0.25) is 9.69 Å². The van der Waals surface area contributed by atoms with Gasteiger partial charge in [-0.25, -0.2) is 0 Å². The van der Waals surface area contributed by atoms with Gasteiger partial charge in [0.25, 0.3) is 5.91 Å². The molecule has 1 amide bonds. The molecule has 1 heterocycles. The highest BCUT2D eigenvalue weighted by Crippen LogP contribution is 2.15. The first kappa shape index (κ1) is 19.6. The van der Waals surface area contributed by atoms with Crippen LogP contribution in [-0.2, 0) is 17.9 Å². The van der Waals surface area contributed by atoms with Gasteiger partial charge in [0, 0.05) is 31.2 Å². The van der Waals surface area contributed by atoms with Crippen LogP contribution in [0.25, 0.3) is 0 Å². The predicted molar refractivity (Wildman–Crippen MR) is 109 cm³/mol. The van der Waals surface area contributed by atoms with E-state index in [-0.39, 0.29) is 18.1 Å². The Kier molecular flexibility index (Phi) is 7.02. The number of hydrogen-bond acceptors (Lipinski definition) is 3. The van der Waals surface area contributed by atoms with Crippen LogP contribution in [0.2, 0.25) is 0 Å². The standard InChI is InChI=1S/C23H30N2O2/c1-18(2)27-17-20-8-10-21(11-9-20)23(26)24-22-12-14-25(15-13-22)16-19-6-4-3-5-7-19/h3-11,18,22H,12-17H2,1-2H3,(H,24,26). The summed E-state index contributed by atoms with van der Waals surface area (Å²) in [5.74, 6) is 0.0211. The van der Waals surface area contributed by atoms with Crippen LogP contribution in [0.4, 0.5) is 0 Å². The van der Waals surface area contributed by atoms with Gasteiger partial charge in [-0.05, 0) is 49.9 Å². The zero-order valence-corrected chi connectivity index (χ0v) is 16.4. The minimum atomic E-state index is 0.0211. The molecule has 1 N–H and O–H groups in total. The number of carbonyl (C=O) groups excluding carboxylic acids is 1. The number of benzene rings is 2. The van der Waals surface area contributed by atoms with Gasteiger partial charge in [0.1, 0.15) is 0 Å². The van der Waals surface area contributed by atoms with Gasteiger partial charge < -0.3 is 10.1 Å². The lowest BCUT2D eigenvalue weighted by Gasteiger charge is -2.32. The fourth-order valence-corrected chi connectivity index (χ4v) is 3.36. The van der Waals surface area contributed by atoms with Crippen molar-refractivity contribution >= 4 is 5.91 Å². The second kappa shape index (κ2) is 9.67. The van der Waals surface area contributed by atoms with Gasteiger partial charge in [-0.2, -0.15) is 0 Å². The Bertz CT molecular complexity index is 705. The van der Waals surface area contributed by atoms with Crippen molar-refractivity contribution in [3.05, 3.63) is 71.3 Å². The number of carbonyl (C=O) groups is 1. The molecule has 0 aromatic heterocycles. The third-order valence-corrected chi connectivity index (χ3v) is 4.97. The fourth-order valence-electron chi connectivity index (χ4n) is 3.36. The minimum Gasteiger partial charge on any atom is -0.374 e. The Morgan fingerprint density at radius 3 is 2.33 bits per heavy atom. The van der Waals surface area contributed by atoms with Crippen LogP contribution in [0.5, 0.6) is 0 Å². The lowest BCUT2D eigenvalue weighted by atomic mass is 10.0. The van der Waals surface area contributed by atoms with Crippen molar-refractivity contribution in [3.63, 3.8) is 0 Å². The molecule has 0 spiro atoms.